The van der Waals surface area contributed by atoms with Crippen LogP contribution in [0.15, 0.2) is 4.99 Å². The Morgan fingerprint density at radius 3 is 2.62 bits per heavy atom. The van der Waals surface area contributed by atoms with Crippen LogP contribution >= 0.6 is 0 Å². The maximum Gasteiger partial charge on any atom is 0.137 e. The summed E-state index contributed by atoms with van der Waals surface area (Å²) in [5, 5.41) is 0. The summed E-state index contributed by atoms with van der Waals surface area (Å²) in [6, 6.07) is 0. The van der Waals surface area contributed by atoms with Gasteiger partial charge in [-0.25, -0.2) is 0 Å². The largest absolute Gasteiger partial charge is 0.358 e. The van der Waals surface area contributed by atoms with Crippen molar-refractivity contribution in [1.82, 2.24) is 0 Å². The molecule has 0 atom stereocenters. The van der Waals surface area contributed by atoms with E-state index in [1.165, 1.54) is 0 Å². The van der Waals surface area contributed by atoms with Crippen molar-refractivity contribution in [3.8, 4) is 0 Å². The van der Waals surface area contributed by atoms with Gasteiger partial charge in [0.15, 0.2) is 0 Å². The Balaban J connectivity index is 2.56. The first-order valence-electron chi connectivity index (χ1n) is 2.79. The van der Waals surface area contributed by atoms with Crippen LogP contribution in [0.5, 0.6) is 0 Å². The van der Waals surface area contributed by atoms with E-state index in [0.29, 0.717) is 6.73 Å². The van der Waals surface area contributed by atoms with Crippen LogP contribution in [-0.4, -0.2) is 19.6 Å². The van der Waals surface area contributed by atoms with Gasteiger partial charge in [0.2, 0.25) is 0 Å². The van der Waals surface area contributed by atoms with E-state index >= 15 is 0 Å². The zero-order chi connectivity index (χ0) is 6.04. The lowest BCUT2D eigenvalue weighted by molar-refractivity contribution is 0.0859. The van der Waals surface area contributed by atoms with Crippen LogP contribution in [0.3, 0.4) is 0 Å². The molecule has 2 heteroatoms. The maximum atomic E-state index is 5.09. The van der Waals surface area contributed by atoms with Crippen LogP contribution < -0.4 is 0 Å². The molecule has 0 saturated carbocycles. The lowest BCUT2D eigenvalue weighted by Gasteiger charge is -2.21. The van der Waals surface area contributed by atoms with Gasteiger partial charge in [-0.15, -0.1) is 0 Å². The van der Waals surface area contributed by atoms with E-state index in [4.69, 9.17) is 4.74 Å². The van der Waals surface area contributed by atoms with Crippen LogP contribution in [0.2, 0.25) is 0 Å². The van der Waals surface area contributed by atoms with Gasteiger partial charge in [0, 0.05) is 11.6 Å². The van der Waals surface area contributed by atoms with Crippen molar-refractivity contribution in [3.63, 3.8) is 0 Å². The Bertz CT molecular complexity index is 107. The van der Waals surface area contributed by atoms with Crippen LogP contribution in [0.4, 0.5) is 0 Å². The Kier molecular flexibility index (Phi) is 1.34. The minimum absolute atomic E-state index is 0.165. The summed E-state index contributed by atoms with van der Waals surface area (Å²) in [5.41, 5.74) is 0.165. The minimum Gasteiger partial charge on any atom is -0.358 e. The summed E-state index contributed by atoms with van der Waals surface area (Å²) in [6.07, 6.45) is 1.95. The number of hydrogen-bond acceptors (Lipinski definition) is 2. The molecule has 0 saturated heterocycles. The Hall–Kier alpha value is -0.370. The van der Waals surface area contributed by atoms with Crippen molar-refractivity contribution in [3.05, 3.63) is 0 Å². The smallest absolute Gasteiger partial charge is 0.137 e. The fraction of sp³-hybridized carbons (Fsp3) is 0.833. The quantitative estimate of drug-likeness (QED) is 0.460. The highest BCUT2D eigenvalue weighted by Gasteiger charge is 2.17. The molecule has 0 fully saturated rings. The Labute approximate surface area is 49.6 Å². The fourth-order valence-corrected chi connectivity index (χ4v) is 0.683. The monoisotopic (exact) mass is 113 g/mol. The molecule has 1 heterocycles. The number of nitrogens with zero attached hydrogens (tertiary/aromatic N) is 1. The van der Waals surface area contributed by atoms with E-state index in [1.807, 2.05) is 6.21 Å². The zero-order valence-electron chi connectivity index (χ0n) is 5.35. The van der Waals surface area contributed by atoms with Crippen molar-refractivity contribution in [2.24, 2.45) is 10.4 Å². The van der Waals surface area contributed by atoms with E-state index in [2.05, 4.69) is 18.8 Å². The third-order valence-corrected chi connectivity index (χ3v) is 1.08. The molecular weight excluding hydrogens is 102 g/mol. The van der Waals surface area contributed by atoms with Crippen molar-refractivity contribution in [1.29, 1.82) is 0 Å². The van der Waals surface area contributed by atoms with E-state index in [0.717, 1.165) is 6.61 Å². The molecule has 0 N–H and O–H groups in total. The topological polar surface area (TPSA) is 21.6 Å². The molecule has 0 amide bonds. The van der Waals surface area contributed by atoms with Crippen molar-refractivity contribution in [2.45, 2.75) is 13.8 Å². The molecule has 2 nitrogen and oxygen atoms in total. The second-order valence-corrected chi connectivity index (χ2v) is 2.78. The zero-order valence-corrected chi connectivity index (χ0v) is 5.35. The molecule has 0 spiro atoms. The highest BCUT2D eigenvalue weighted by Crippen LogP contribution is 2.14. The molecule has 1 aliphatic heterocycles. The summed E-state index contributed by atoms with van der Waals surface area (Å²) in [7, 11) is 0. The van der Waals surface area contributed by atoms with Gasteiger partial charge in [0.1, 0.15) is 6.73 Å². The Morgan fingerprint density at radius 1 is 1.62 bits per heavy atom. The van der Waals surface area contributed by atoms with Gasteiger partial charge >= 0.3 is 0 Å². The van der Waals surface area contributed by atoms with E-state index < -0.39 is 0 Å². The predicted molar refractivity (Wildman–Crippen MR) is 33.1 cm³/mol. The van der Waals surface area contributed by atoms with Crippen molar-refractivity contribution < 1.29 is 4.74 Å². The van der Waals surface area contributed by atoms with E-state index in [9.17, 15) is 0 Å². The van der Waals surface area contributed by atoms with Crippen LogP contribution in [-0.2, 0) is 4.74 Å². The van der Waals surface area contributed by atoms with Gasteiger partial charge in [0.05, 0.1) is 6.61 Å². The van der Waals surface area contributed by atoms with Crippen LogP contribution in [0.1, 0.15) is 13.8 Å². The standard InChI is InChI=1S/C6H11NO/c1-6(2)3-7-5-8-4-6/h3H,4-5H2,1-2H3. The van der Waals surface area contributed by atoms with Crippen LogP contribution in [0.25, 0.3) is 0 Å². The summed E-state index contributed by atoms with van der Waals surface area (Å²) in [5.74, 6) is 0. The average molecular weight is 113 g/mol. The first kappa shape index (κ1) is 5.76. The molecule has 0 aromatic rings. The molecule has 1 rings (SSSR count). The predicted octanol–water partition coefficient (Wildman–Crippen LogP) is 1.07. The number of hydrogen-bond donors (Lipinski definition) is 0. The van der Waals surface area contributed by atoms with E-state index in [1.54, 1.807) is 0 Å². The van der Waals surface area contributed by atoms with Crippen molar-refractivity contribution >= 4 is 6.21 Å². The summed E-state index contributed by atoms with van der Waals surface area (Å²) >= 11 is 0. The summed E-state index contributed by atoms with van der Waals surface area (Å²) in [4.78, 5) is 3.98. The molecule has 8 heavy (non-hydrogen) atoms. The van der Waals surface area contributed by atoms with Gasteiger partial charge in [-0.2, -0.15) is 0 Å². The first-order chi connectivity index (χ1) is 3.71. The molecule has 0 aromatic carbocycles. The minimum atomic E-state index is 0.165. The van der Waals surface area contributed by atoms with Gasteiger partial charge in [0.25, 0.3) is 0 Å². The number of ether oxygens (including phenoxy) is 1. The van der Waals surface area contributed by atoms with Gasteiger partial charge in [-0.1, -0.05) is 13.8 Å². The average Bonchev–Trinajstić information content (AvgIpc) is 1.65. The lowest BCUT2D eigenvalue weighted by Crippen LogP contribution is -2.24. The second-order valence-electron chi connectivity index (χ2n) is 2.78. The van der Waals surface area contributed by atoms with Gasteiger partial charge < -0.3 is 4.74 Å². The second kappa shape index (κ2) is 1.86. The number of aliphatic imine (C=N–C) groups is 1. The molecule has 0 bridgehead atoms. The SMILES string of the molecule is CC1(C)C=NCOC1. The summed E-state index contributed by atoms with van der Waals surface area (Å²) in [6.45, 7) is 5.56. The first-order valence-corrected chi connectivity index (χ1v) is 2.79. The van der Waals surface area contributed by atoms with Crippen molar-refractivity contribution in [2.75, 3.05) is 13.3 Å². The molecule has 46 valence electrons. The van der Waals surface area contributed by atoms with Gasteiger partial charge in [-0.05, 0) is 0 Å². The highest BCUT2D eigenvalue weighted by molar-refractivity contribution is 5.65. The number of rotatable bonds is 0. The maximum absolute atomic E-state index is 5.09. The molecule has 0 aliphatic carbocycles. The fourth-order valence-electron chi connectivity index (χ4n) is 0.683. The summed E-state index contributed by atoms with van der Waals surface area (Å²) < 4.78 is 5.09. The molecular formula is C6H11NO. The van der Waals surface area contributed by atoms with Gasteiger partial charge in [-0.3, -0.25) is 4.99 Å². The van der Waals surface area contributed by atoms with Crippen LogP contribution in [0, 0.1) is 5.41 Å². The highest BCUT2D eigenvalue weighted by atomic mass is 16.5. The molecule has 0 aromatic heterocycles. The third kappa shape index (κ3) is 1.30. The van der Waals surface area contributed by atoms with E-state index in [-0.39, 0.29) is 5.41 Å². The Morgan fingerprint density at radius 2 is 2.38 bits per heavy atom. The lowest BCUT2D eigenvalue weighted by atomic mass is 9.96. The third-order valence-electron chi connectivity index (χ3n) is 1.08. The normalized spacial score (nSPS) is 25.8. The molecule has 0 radical (unpaired) electrons. The molecule has 0 unspecified atom stereocenters. The molecule has 1 aliphatic rings.